The van der Waals surface area contributed by atoms with Crippen molar-refractivity contribution in [2.45, 2.75) is 18.9 Å². The molecule has 1 atom stereocenters. The fraction of sp³-hybridized carbons (Fsp3) is 0.462. The Kier molecular flexibility index (Phi) is 4.71. The average Bonchev–Trinajstić information content (AvgIpc) is 2.92. The fourth-order valence-electron chi connectivity index (χ4n) is 1.76. The van der Waals surface area contributed by atoms with Gasteiger partial charge in [-0.2, -0.15) is 0 Å². The summed E-state index contributed by atoms with van der Waals surface area (Å²) < 4.78 is 6.21. The second-order valence-electron chi connectivity index (χ2n) is 4.96. The predicted octanol–water partition coefficient (Wildman–Crippen LogP) is 0.273. The summed E-state index contributed by atoms with van der Waals surface area (Å²) in [5, 5.41) is 14.3. The van der Waals surface area contributed by atoms with Gasteiger partial charge in [-0.05, 0) is 6.92 Å². The standard InChI is InChI=1S/C13H17N3O4S/c1-13(19,3-5-20-2)8-15-10(17)9-7-14-12-16(11(9)18)4-6-21-12/h4,6-7,19H,3,5,8H2,1-2H3,(H,15,17). The Morgan fingerprint density at radius 1 is 1.62 bits per heavy atom. The average molecular weight is 311 g/mol. The monoisotopic (exact) mass is 311 g/mol. The quantitative estimate of drug-likeness (QED) is 0.799. The molecular formula is C13H17N3O4S. The third-order valence-electron chi connectivity index (χ3n) is 3.06. The van der Waals surface area contributed by atoms with Crippen molar-refractivity contribution in [2.24, 2.45) is 0 Å². The van der Waals surface area contributed by atoms with Gasteiger partial charge in [0, 0.05) is 44.5 Å². The van der Waals surface area contributed by atoms with Crippen LogP contribution in [0.2, 0.25) is 0 Å². The Balaban J connectivity index is 2.09. The molecular weight excluding hydrogens is 294 g/mol. The number of hydrogen-bond donors (Lipinski definition) is 2. The van der Waals surface area contributed by atoms with Crippen LogP contribution in [0.15, 0.2) is 22.6 Å². The molecule has 2 N–H and O–H groups in total. The van der Waals surface area contributed by atoms with Gasteiger partial charge in [-0.15, -0.1) is 11.3 Å². The van der Waals surface area contributed by atoms with E-state index in [-0.39, 0.29) is 12.1 Å². The van der Waals surface area contributed by atoms with Crippen LogP contribution in [0.1, 0.15) is 23.7 Å². The Hall–Kier alpha value is -1.77. The fourth-order valence-corrected chi connectivity index (χ4v) is 2.43. The first-order valence-electron chi connectivity index (χ1n) is 6.39. The number of nitrogens with zero attached hydrogens (tertiary/aromatic N) is 2. The van der Waals surface area contributed by atoms with E-state index in [9.17, 15) is 14.7 Å². The first-order chi connectivity index (χ1) is 9.94. The van der Waals surface area contributed by atoms with Crippen molar-refractivity contribution in [1.82, 2.24) is 14.7 Å². The number of aromatic nitrogens is 2. The van der Waals surface area contributed by atoms with Crippen LogP contribution in [0.5, 0.6) is 0 Å². The number of ether oxygens (including phenoxy) is 1. The second kappa shape index (κ2) is 6.33. The van der Waals surface area contributed by atoms with Gasteiger partial charge in [0.2, 0.25) is 0 Å². The smallest absolute Gasteiger partial charge is 0.271 e. The summed E-state index contributed by atoms with van der Waals surface area (Å²) in [5.41, 5.74) is -1.56. The molecule has 0 saturated carbocycles. The maximum Gasteiger partial charge on any atom is 0.271 e. The van der Waals surface area contributed by atoms with Gasteiger partial charge in [-0.3, -0.25) is 14.0 Å². The molecule has 21 heavy (non-hydrogen) atoms. The normalized spacial score (nSPS) is 14.0. The number of amides is 1. The summed E-state index contributed by atoms with van der Waals surface area (Å²) in [7, 11) is 1.54. The molecule has 1 unspecified atom stereocenters. The molecule has 0 aliphatic heterocycles. The van der Waals surface area contributed by atoms with E-state index in [0.717, 1.165) is 0 Å². The molecule has 2 aromatic heterocycles. The lowest BCUT2D eigenvalue weighted by Crippen LogP contribution is -2.42. The van der Waals surface area contributed by atoms with Gasteiger partial charge >= 0.3 is 0 Å². The van der Waals surface area contributed by atoms with Crippen molar-refractivity contribution in [3.8, 4) is 0 Å². The lowest BCUT2D eigenvalue weighted by Gasteiger charge is -2.23. The maximum absolute atomic E-state index is 12.1. The number of aliphatic hydroxyl groups is 1. The van der Waals surface area contributed by atoms with Crippen LogP contribution < -0.4 is 10.9 Å². The van der Waals surface area contributed by atoms with Crippen LogP contribution in [0, 0.1) is 0 Å². The SMILES string of the molecule is COCCC(C)(O)CNC(=O)c1cnc2sccn2c1=O. The van der Waals surface area contributed by atoms with Gasteiger partial charge in [0.15, 0.2) is 4.96 Å². The van der Waals surface area contributed by atoms with E-state index in [1.807, 2.05) is 0 Å². The largest absolute Gasteiger partial charge is 0.388 e. The topological polar surface area (TPSA) is 92.9 Å². The highest BCUT2D eigenvalue weighted by Crippen LogP contribution is 2.08. The molecule has 0 aromatic carbocycles. The predicted molar refractivity (Wildman–Crippen MR) is 78.8 cm³/mol. The number of rotatable bonds is 6. The molecule has 0 fully saturated rings. The van der Waals surface area contributed by atoms with E-state index < -0.39 is 17.1 Å². The van der Waals surface area contributed by atoms with Crippen LogP contribution in [0.4, 0.5) is 0 Å². The van der Waals surface area contributed by atoms with Crippen molar-refractivity contribution < 1.29 is 14.6 Å². The minimum atomic E-state index is -1.10. The molecule has 114 valence electrons. The van der Waals surface area contributed by atoms with E-state index in [4.69, 9.17) is 4.74 Å². The summed E-state index contributed by atoms with van der Waals surface area (Å²) in [6, 6.07) is 0. The van der Waals surface area contributed by atoms with Crippen molar-refractivity contribution in [3.05, 3.63) is 33.7 Å². The minimum Gasteiger partial charge on any atom is -0.388 e. The Labute approximate surface area is 125 Å². The molecule has 1 amide bonds. The molecule has 0 saturated heterocycles. The molecule has 0 aliphatic rings. The first-order valence-corrected chi connectivity index (χ1v) is 7.27. The van der Waals surface area contributed by atoms with Crippen LogP contribution in [-0.4, -0.2) is 46.3 Å². The molecule has 0 aliphatic carbocycles. The zero-order valence-electron chi connectivity index (χ0n) is 11.8. The zero-order chi connectivity index (χ0) is 15.5. The number of nitrogens with one attached hydrogen (secondary N) is 1. The highest BCUT2D eigenvalue weighted by molar-refractivity contribution is 7.15. The van der Waals surface area contributed by atoms with Crippen molar-refractivity contribution >= 4 is 22.2 Å². The molecule has 8 heteroatoms. The highest BCUT2D eigenvalue weighted by Gasteiger charge is 2.22. The van der Waals surface area contributed by atoms with Crippen molar-refractivity contribution in [1.29, 1.82) is 0 Å². The molecule has 2 aromatic rings. The summed E-state index contributed by atoms with van der Waals surface area (Å²) in [6.07, 6.45) is 3.21. The van der Waals surface area contributed by atoms with Gasteiger partial charge in [0.05, 0.1) is 5.60 Å². The molecule has 7 nitrogen and oxygen atoms in total. The molecule has 2 heterocycles. The highest BCUT2D eigenvalue weighted by atomic mass is 32.1. The van der Waals surface area contributed by atoms with E-state index in [1.165, 1.54) is 29.0 Å². The molecule has 0 spiro atoms. The number of methoxy groups -OCH3 is 1. The summed E-state index contributed by atoms with van der Waals surface area (Å²) in [5.74, 6) is -0.550. The first kappa shape index (κ1) is 15.6. The third kappa shape index (κ3) is 3.66. The van der Waals surface area contributed by atoms with E-state index in [1.54, 1.807) is 18.5 Å². The summed E-state index contributed by atoms with van der Waals surface area (Å²) >= 11 is 1.31. The van der Waals surface area contributed by atoms with Gasteiger partial charge in [0.1, 0.15) is 5.56 Å². The molecule has 0 bridgehead atoms. The molecule has 0 radical (unpaired) electrons. The number of carbonyl (C=O) groups excluding carboxylic acids is 1. The Morgan fingerprint density at radius 2 is 2.38 bits per heavy atom. The Bertz CT molecular complexity index is 692. The van der Waals surface area contributed by atoms with E-state index in [2.05, 4.69) is 10.3 Å². The summed E-state index contributed by atoms with van der Waals surface area (Å²) in [4.78, 5) is 28.7. The van der Waals surface area contributed by atoms with Crippen LogP contribution >= 0.6 is 11.3 Å². The van der Waals surface area contributed by atoms with Crippen molar-refractivity contribution in [3.63, 3.8) is 0 Å². The van der Waals surface area contributed by atoms with E-state index in [0.29, 0.717) is 18.0 Å². The van der Waals surface area contributed by atoms with Gasteiger partial charge in [-0.1, -0.05) is 0 Å². The number of carbonyl (C=O) groups is 1. The third-order valence-corrected chi connectivity index (χ3v) is 3.83. The summed E-state index contributed by atoms with van der Waals surface area (Å²) in [6.45, 7) is 2.01. The second-order valence-corrected chi connectivity index (χ2v) is 5.83. The molecule has 2 rings (SSSR count). The zero-order valence-corrected chi connectivity index (χ0v) is 12.6. The van der Waals surface area contributed by atoms with Gasteiger partial charge in [-0.25, -0.2) is 4.98 Å². The van der Waals surface area contributed by atoms with Crippen LogP contribution in [0.25, 0.3) is 4.96 Å². The van der Waals surface area contributed by atoms with Gasteiger partial charge < -0.3 is 15.2 Å². The lowest BCUT2D eigenvalue weighted by molar-refractivity contribution is 0.0243. The van der Waals surface area contributed by atoms with E-state index >= 15 is 0 Å². The van der Waals surface area contributed by atoms with Crippen LogP contribution in [-0.2, 0) is 4.74 Å². The van der Waals surface area contributed by atoms with Gasteiger partial charge in [0.25, 0.3) is 11.5 Å². The number of fused-ring (bicyclic) bond motifs is 1. The number of hydrogen-bond acceptors (Lipinski definition) is 6. The number of thiazole rings is 1. The van der Waals surface area contributed by atoms with Crippen LogP contribution in [0.3, 0.4) is 0 Å². The van der Waals surface area contributed by atoms with Crippen molar-refractivity contribution in [2.75, 3.05) is 20.3 Å². The minimum absolute atomic E-state index is 0.0287. The lowest BCUT2D eigenvalue weighted by atomic mass is 10.0. The maximum atomic E-state index is 12.1. The Morgan fingerprint density at radius 3 is 3.10 bits per heavy atom.